The van der Waals surface area contributed by atoms with Gasteiger partial charge in [0.1, 0.15) is 12.4 Å². The third-order valence-electron chi connectivity index (χ3n) is 3.06. The average molecular weight is 300 g/mol. The average Bonchev–Trinajstić information content (AvgIpc) is 2.41. The summed E-state index contributed by atoms with van der Waals surface area (Å²) in [4.78, 5) is 2.28. The first-order valence-corrected chi connectivity index (χ1v) is 8.73. The minimum Gasteiger partial charge on any atom is -0.492 e. The summed E-state index contributed by atoms with van der Waals surface area (Å²) in [6.45, 7) is 7.94. The maximum atomic E-state index is 11.1. The Balaban J connectivity index is 2.57. The van der Waals surface area contributed by atoms with Gasteiger partial charge in [-0.2, -0.15) is 0 Å². The number of rotatable bonds is 9. The van der Waals surface area contributed by atoms with Gasteiger partial charge >= 0.3 is 0 Å². The standard InChI is InChI=1S/C14H24N2O3S/c1-4-16(5-2)10-11-19-14-9-7-6-8-13(14)12-15-20(3,17)18/h6-9,15H,4-5,10-12H2,1-3H3. The van der Waals surface area contributed by atoms with Crippen molar-refractivity contribution in [1.29, 1.82) is 0 Å². The second kappa shape index (κ2) is 8.24. The van der Waals surface area contributed by atoms with Crippen LogP contribution in [-0.4, -0.2) is 45.8 Å². The topological polar surface area (TPSA) is 58.6 Å². The first kappa shape index (κ1) is 16.9. The lowest BCUT2D eigenvalue weighted by molar-refractivity contribution is 0.221. The van der Waals surface area contributed by atoms with E-state index in [2.05, 4.69) is 23.5 Å². The highest BCUT2D eigenvalue weighted by molar-refractivity contribution is 7.88. The lowest BCUT2D eigenvalue weighted by Gasteiger charge is -2.19. The van der Waals surface area contributed by atoms with Crippen LogP contribution in [0.4, 0.5) is 0 Å². The van der Waals surface area contributed by atoms with Crippen molar-refractivity contribution in [1.82, 2.24) is 9.62 Å². The number of ether oxygens (including phenoxy) is 1. The van der Waals surface area contributed by atoms with Crippen molar-refractivity contribution >= 4 is 10.0 Å². The molecule has 0 saturated heterocycles. The van der Waals surface area contributed by atoms with Gasteiger partial charge in [-0.3, -0.25) is 0 Å². The van der Waals surface area contributed by atoms with E-state index in [1.165, 1.54) is 0 Å². The minimum absolute atomic E-state index is 0.250. The molecule has 0 bridgehead atoms. The van der Waals surface area contributed by atoms with Gasteiger partial charge in [0.2, 0.25) is 10.0 Å². The van der Waals surface area contributed by atoms with Crippen molar-refractivity contribution < 1.29 is 13.2 Å². The molecule has 114 valence electrons. The summed E-state index contributed by atoms with van der Waals surface area (Å²) in [6.07, 6.45) is 1.15. The molecule has 0 amide bonds. The fourth-order valence-electron chi connectivity index (χ4n) is 1.82. The van der Waals surface area contributed by atoms with Crippen LogP contribution in [0.3, 0.4) is 0 Å². The Bertz CT molecular complexity index is 499. The SMILES string of the molecule is CCN(CC)CCOc1ccccc1CNS(C)(=O)=O. The van der Waals surface area contributed by atoms with Gasteiger partial charge in [0.25, 0.3) is 0 Å². The number of likely N-dealkylation sites (N-methyl/N-ethyl adjacent to an activating group) is 1. The van der Waals surface area contributed by atoms with E-state index in [0.717, 1.165) is 37.2 Å². The molecule has 0 unspecified atom stereocenters. The van der Waals surface area contributed by atoms with Gasteiger partial charge in [-0.25, -0.2) is 13.1 Å². The molecule has 0 aromatic heterocycles. The van der Waals surface area contributed by atoms with Gasteiger partial charge in [0.05, 0.1) is 6.26 Å². The van der Waals surface area contributed by atoms with E-state index >= 15 is 0 Å². The predicted octanol–water partition coefficient (Wildman–Crippen LogP) is 1.46. The Labute approximate surface area is 122 Å². The summed E-state index contributed by atoms with van der Waals surface area (Å²) < 4.78 is 30.5. The molecule has 0 saturated carbocycles. The molecule has 5 nitrogen and oxygen atoms in total. The van der Waals surface area contributed by atoms with Crippen LogP contribution < -0.4 is 9.46 Å². The van der Waals surface area contributed by atoms with E-state index in [0.29, 0.717) is 6.61 Å². The van der Waals surface area contributed by atoms with Crippen LogP contribution in [0, 0.1) is 0 Å². The van der Waals surface area contributed by atoms with Gasteiger partial charge in [0, 0.05) is 18.7 Å². The third kappa shape index (κ3) is 6.36. The highest BCUT2D eigenvalue weighted by atomic mass is 32.2. The van der Waals surface area contributed by atoms with Crippen molar-refractivity contribution in [3.05, 3.63) is 29.8 Å². The second-order valence-electron chi connectivity index (χ2n) is 4.58. The molecule has 6 heteroatoms. The molecule has 1 aromatic carbocycles. The quantitative estimate of drug-likeness (QED) is 0.750. The number of sulfonamides is 1. The molecule has 0 radical (unpaired) electrons. The number of hydrogen-bond donors (Lipinski definition) is 1. The largest absolute Gasteiger partial charge is 0.492 e. The zero-order valence-electron chi connectivity index (χ0n) is 12.4. The van der Waals surface area contributed by atoms with Crippen LogP contribution >= 0.6 is 0 Å². The van der Waals surface area contributed by atoms with Crippen LogP contribution in [0.15, 0.2) is 24.3 Å². The molecule has 0 fully saturated rings. The number of nitrogens with zero attached hydrogens (tertiary/aromatic N) is 1. The zero-order chi connectivity index (χ0) is 15.0. The molecule has 1 N–H and O–H groups in total. The third-order valence-corrected chi connectivity index (χ3v) is 3.73. The molecule has 20 heavy (non-hydrogen) atoms. The molecule has 0 aliphatic heterocycles. The Kier molecular flexibility index (Phi) is 6.98. The van der Waals surface area contributed by atoms with Crippen LogP contribution in [0.25, 0.3) is 0 Å². The lowest BCUT2D eigenvalue weighted by atomic mass is 10.2. The van der Waals surface area contributed by atoms with E-state index in [1.54, 1.807) is 0 Å². The number of benzene rings is 1. The Hall–Kier alpha value is -1.11. The van der Waals surface area contributed by atoms with Crippen molar-refractivity contribution in [3.8, 4) is 5.75 Å². The molecule has 1 aromatic rings. The molecule has 0 atom stereocenters. The fourth-order valence-corrected chi connectivity index (χ4v) is 2.24. The van der Waals surface area contributed by atoms with E-state index < -0.39 is 10.0 Å². The number of para-hydroxylation sites is 1. The summed E-state index contributed by atoms with van der Waals surface area (Å²) in [5.41, 5.74) is 0.845. The lowest BCUT2D eigenvalue weighted by Crippen LogP contribution is -2.28. The first-order valence-electron chi connectivity index (χ1n) is 6.84. The zero-order valence-corrected chi connectivity index (χ0v) is 13.2. The highest BCUT2D eigenvalue weighted by Gasteiger charge is 2.07. The maximum Gasteiger partial charge on any atom is 0.209 e. The Morgan fingerprint density at radius 3 is 2.45 bits per heavy atom. The van der Waals surface area contributed by atoms with Gasteiger partial charge in [-0.05, 0) is 19.2 Å². The Morgan fingerprint density at radius 1 is 1.20 bits per heavy atom. The molecule has 0 spiro atoms. The summed E-state index contributed by atoms with van der Waals surface area (Å²) in [6, 6.07) is 7.49. The summed E-state index contributed by atoms with van der Waals surface area (Å²) in [7, 11) is -3.19. The Morgan fingerprint density at radius 2 is 1.85 bits per heavy atom. The second-order valence-corrected chi connectivity index (χ2v) is 6.41. The molecule has 0 aliphatic carbocycles. The van der Waals surface area contributed by atoms with Gasteiger partial charge in [0.15, 0.2) is 0 Å². The first-order chi connectivity index (χ1) is 9.46. The minimum atomic E-state index is -3.19. The molecule has 0 aliphatic rings. The van der Waals surface area contributed by atoms with Crippen molar-refractivity contribution in [2.45, 2.75) is 20.4 Å². The van der Waals surface area contributed by atoms with Gasteiger partial charge in [-0.1, -0.05) is 32.0 Å². The van der Waals surface area contributed by atoms with Gasteiger partial charge < -0.3 is 9.64 Å². The van der Waals surface area contributed by atoms with Crippen molar-refractivity contribution in [2.75, 3.05) is 32.5 Å². The predicted molar refractivity (Wildman–Crippen MR) is 81.4 cm³/mol. The molecule has 0 heterocycles. The monoisotopic (exact) mass is 300 g/mol. The molecule has 1 rings (SSSR count). The van der Waals surface area contributed by atoms with Crippen LogP contribution in [0.1, 0.15) is 19.4 Å². The maximum absolute atomic E-state index is 11.1. The van der Waals surface area contributed by atoms with Crippen LogP contribution in [0.2, 0.25) is 0 Å². The van der Waals surface area contributed by atoms with Crippen molar-refractivity contribution in [2.24, 2.45) is 0 Å². The van der Waals surface area contributed by atoms with E-state index in [-0.39, 0.29) is 6.54 Å². The number of hydrogen-bond acceptors (Lipinski definition) is 4. The van der Waals surface area contributed by atoms with E-state index in [9.17, 15) is 8.42 Å². The van der Waals surface area contributed by atoms with E-state index in [4.69, 9.17) is 4.74 Å². The van der Waals surface area contributed by atoms with Crippen LogP contribution in [-0.2, 0) is 16.6 Å². The van der Waals surface area contributed by atoms with Gasteiger partial charge in [-0.15, -0.1) is 0 Å². The highest BCUT2D eigenvalue weighted by Crippen LogP contribution is 2.17. The smallest absolute Gasteiger partial charge is 0.209 e. The summed E-state index contributed by atoms with van der Waals surface area (Å²) >= 11 is 0. The van der Waals surface area contributed by atoms with E-state index in [1.807, 2.05) is 24.3 Å². The van der Waals surface area contributed by atoms with Crippen LogP contribution in [0.5, 0.6) is 5.75 Å². The summed E-state index contributed by atoms with van der Waals surface area (Å²) in [5, 5.41) is 0. The fraction of sp³-hybridized carbons (Fsp3) is 0.571. The normalized spacial score (nSPS) is 11.8. The number of nitrogens with one attached hydrogen (secondary N) is 1. The van der Waals surface area contributed by atoms with Crippen molar-refractivity contribution in [3.63, 3.8) is 0 Å². The molecular formula is C14H24N2O3S. The molecular weight excluding hydrogens is 276 g/mol. The summed E-state index contributed by atoms with van der Waals surface area (Å²) in [5.74, 6) is 0.732.